The highest BCUT2D eigenvalue weighted by atomic mass is 32.2. The van der Waals surface area contributed by atoms with Crippen molar-refractivity contribution in [2.24, 2.45) is 5.92 Å². The van der Waals surface area contributed by atoms with Crippen LogP contribution in [0.15, 0.2) is 69.0 Å². The SMILES string of the molecule is CC(C)CSc1nnc(-c2nn(Cc3ccccc3)c(=O)c3ccccc23)o1. The lowest BCUT2D eigenvalue weighted by Crippen LogP contribution is -2.24. The quantitative estimate of drug-likeness (QED) is 0.457. The Kier molecular flexibility index (Phi) is 5.25. The van der Waals surface area contributed by atoms with E-state index in [1.807, 2.05) is 48.5 Å². The Morgan fingerprint density at radius 1 is 1.00 bits per heavy atom. The first-order chi connectivity index (χ1) is 13.6. The summed E-state index contributed by atoms with van der Waals surface area (Å²) in [6.45, 7) is 4.65. The molecule has 4 aromatic rings. The summed E-state index contributed by atoms with van der Waals surface area (Å²) in [7, 11) is 0. The Labute approximate surface area is 166 Å². The van der Waals surface area contributed by atoms with Crippen molar-refractivity contribution < 1.29 is 4.42 Å². The highest BCUT2D eigenvalue weighted by molar-refractivity contribution is 7.99. The van der Waals surface area contributed by atoms with Gasteiger partial charge in [-0.2, -0.15) is 5.10 Å². The molecular formula is C21H20N4O2S. The number of hydrogen-bond donors (Lipinski definition) is 0. The van der Waals surface area contributed by atoms with Crippen molar-refractivity contribution in [1.29, 1.82) is 0 Å². The predicted molar refractivity (Wildman–Crippen MR) is 110 cm³/mol. The summed E-state index contributed by atoms with van der Waals surface area (Å²) in [6, 6.07) is 17.1. The van der Waals surface area contributed by atoms with Crippen molar-refractivity contribution in [2.75, 3.05) is 5.75 Å². The fourth-order valence-corrected chi connectivity index (χ4v) is 3.57. The van der Waals surface area contributed by atoms with Crippen molar-refractivity contribution in [1.82, 2.24) is 20.0 Å². The zero-order valence-electron chi connectivity index (χ0n) is 15.7. The summed E-state index contributed by atoms with van der Waals surface area (Å²) >= 11 is 1.52. The molecule has 0 N–H and O–H groups in total. The number of thioether (sulfide) groups is 1. The van der Waals surface area contributed by atoms with Crippen LogP contribution < -0.4 is 5.56 Å². The Morgan fingerprint density at radius 3 is 2.46 bits per heavy atom. The summed E-state index contributed by atoms with van der Waals surface area (Å²) in [5.74, 6) is 1.74. The van der Waals surface area contributed by atoms with Gasteiger partial charge in [-0.25, -0.2) is 4.68 Å². The summed E-state index contributed by atoms with van der Waals surface area (Å²) in [5, 5.41) is 14.7. The molecule has 0 aliphatic heterocycles. The molecule has 0 unspecified atom stereocenters. The molecule has 142 valence electrons. The Hall–Kier alpha value is -2.93. The van der Waals surface area contributed by atoms with Gasteiger partial charge in [0.1, 0.15) is 0 Å². The lowest BCUT2D eigenvalue weighted by molar-refractivity contribution is 0.462. The van der Waals surface area contributed by atoms with Crippen molar-refractivity contribution in [3.05, 3.63) is 70.5 Å². The van der Waals surface area contributed by atoms with Crippen LogP contribution in [0.2, 0.25) is 0 Å². The predicted octanol–water partition coefficient (Wildman–Crippen LogP) is 4.24. The smallest absolute Gasteiger partial charge is 0.276 e. The van der Waals surface area contributed by atoms with E-state index in [2.05, 4.69) is 29.1 Å². The fourth-order valence-electron chi connectivity index (χ4n) is 2.86. The molecule has 0 aliphatic rings. The Balaban J connectivity index is 1.79. The highest BCUT2D eigenvalue weighted by Gasteiger charge is 2.18. The van der Waals surface area contributed by atoms with E-state index in [1.165, 1.54) is 16.4 Å². The second kappa shape index (κ2) is 7.98. The molecule has 0 aliphatic carbocycles. The first-order valence-corrected chi connectivity index (χ1v) is 10.1. The van der Waals surface area contributed by atoms with E-state index in [0.29, 0.717) is 40.0 Å². The number of nitrogens with zero attached hydrogens (tertiary/aromatic N) is 4. The molecule has 6 nitrogen and oxygen atoms in total. The average molecular weight is 392 g/mol. The number of benzene rings is 2. The van der Waals surface area contributed by atoms with Gasteiger partial charge >= 0.3 is 0 Å². The zero-order chi connectivity index (χ0) is 19.5. The minimum atomic E-state index is -0.142. The number of fused-ring (bicyclic) bond motifs is 1. The van der Waals surface area contributed by atoms with Gasteiger partial charge in [0.05, 0.1) is 11.9 Å². The largest absolute Gasteiger partial charge is 0.410 e. The van der Waals surface area contributed by atoms with Crippen LogP contribution in [0.25, 0.3) is 22.4 Å². The van der Waals surface area contributed by atoms with E-state index in [1.54, 1.807) is 6.07 Å². The van der Waals surface area contributed by atoms with E-state index in [0.717, 1.165) is 11.3 Å². The molecule has 2 heterocycles. The van der Waals surface area contributed by atoms with Crippen molar-refractivity contribution in [3.8, 4) is 11.6 Å². The van der Waals surface area contributed by atoms with E-state index >= 15 is 0 Å². The molecule has 2 aromatic carbocycles. The van der Waals surface area contributed by atoms with Crippen LogP contribution >= 0.6 is 11.8 Å². The normalized spacial score (nSPS) is 11.4. The zero-order valence-corrected chi connectivity index (χ0v) is 16.5. The van der Waals surface area contributed by atoms with Crippen LogP contribution in [0.4, 0.5) is 0 Å². The molecule has 0 atom stereocenters. The lowest BCUT2D eigenvalue weighted by atomic mass is 10.1. The van der Waals surface area contributed by atoms with Crippen molar-refractivity contribution in [2.45, 2.75) is 25.6 Å². The number of hydrogen-bond acceptors (Lipinski definition) is 6. The number of aromatic nitrogens is 4. The van der Waals surface area contributed by atoms with Crippen LogP contribution in [0, 0.1) is 5.92 Å². The molecule has 28 heavy (non-hydrogen) atoms. The summed E-state index contributed by atoms with van der Waals surface area (Å²) in [4.78, 5) is 12.9. The van der Waals surface area contributed by atoms with E-state index in [9.17, 15) is 4.79 Å². The van der Waals surface area contributed by atoms with E-state index in [-0.39, 0.29) is 5.56 Å². The third kappa shape index (κ3) is 3.84. The van der Waals surface area contributed by atoms with Gasteiger partial charge in [-0.05, 0) is 17.5 Å². The molecule has 4 rings (SSSR count). The van der Waals surface area contributed by atoms with Gasteiger partial charge in [-0.15, -0.1) is 10.2 Å². The maximum Gasteiger partial charge on any atom is 0.276 e. The third-order valence-corrected chi connectivity index (χ3v) is 5.44. The van der Waals surface area contributed by atoms with Crippen LogP contribution in [-0.2, 0) is 6.54 Å². The van der Waals surface area contributed by atoms with E-state index < -0.39 is 0 Å². The van der Waals surface area contributed by atoms with E-state index in [4.69, 9.17) is 4.42 Å². The molecule has 0 radical (unpaired) electrons. The average Bonchev–Trinajstić information content (AvgIpc) is 3.18. The molecule has 0 bridgehead atoms. The highest BCUT2D eigenvalue weighted by Crippen LogP contribution is 2.27. The van der Waals surface area contributed by atoms with Crippen LogP contribution in [0.3, 0.4) is 0 Å². The molecule has 7 heteroatoms. The van der Waals surface area contributed by atoms with Crippen LogP contribution in [-0.4, -0.2) is 25.7 Å². The second-order valence-electron chi connectivity index (χ2n) is 6.92. The van der Waals surface area contributed by atoms with Crippen molar-refractivity contribution in [3.63, 3.8) is 0 Å². The monoisotopic (exact) mass is 392 g/mol. The standard InChI is InChI=1S/C21H20N4O2S/c1-14(2)13-28-21-23-22-19(27-21)18-16-10-6-7-11-17(16)20(26)25(24-18)12-15-8-4-3-5-9-15/h3-11,14H,12-13H2,1-2H3. The summed E-state index contributed by atoms with van der Waals surface area (Å²) < 4.78 is 7.29. The fraction of sp³-hybridized carbons (Fsp3) is 0.238. The van der Waals surface area contributed by atoms with Gasteiger partial charge in [0.25, 0.3) is 16.7 Å². The van der Waals surface area contributed by atoms with Gasteiger partial charge in [-0.3, -0.25) is 4.79 Å². The Bertz CT molecular complexity index is 1150. The maximum absolute atomic E-state index is 12.9. The number of rotatable bonds is 6. The summed E-state index contributed by atoms with van der Waals surface area (Å²) in [6.07, 6.45) is 0. The van der Waals surface area contributed by atoms with Gasteiger partial charge in [0.15, 0.2) is 5.69 Å². The van der Waals surface area contributed by atoms with Gasteiger partial charge < -0.3 is 4.42 Å². The Morgan fingerprint density at radius 2 is 1.71 bits per heavy atom. The molecular weight excluding hydrogens is 372 g/mol. The lowest BCUT2D eigenvalue weighted by Gasteiger charge is -2.09. The molecule has 0 saturated carbocycles. The van der Waals surface area contributed by atoms with Gasteiger partial charge in [-0.1, -0.05) is 74.1 Å². The topological polar surface area (TPSA) is 73.8 Å². The van der Waals surface area contributed by atoms with Crippen LogP contribution in [0.1, 0.15) is 19.4 Å². The summed E-state index contributed by atoms with van der Waals surface area (Å²) in [5.41, 5.74) is 1.38. The molecule has 0 spiro atoms. The van der Waals surface area contributed by atoms with Crippen LogP contribution in [0.5, 0.6) is 0 Å². The molecule has 0 amide bonds. The third-order valence-electron chi connectivity index (χ3n) is 4.19. The van der Waals surface area contributed by atoms with Crippen molar-refractivity contribution >= 4 is 22.5 Å². The van der Waals surface area contributed by atoms with Gasteiger partial charge in [0, 0.05) is 11.1 Å². The minimum Gasteiger partial charge on any atom is -0.410 e. The maximum atomic E-state index is 12.9. The van der Waals surface area contributed by atoms with Gasteiger partial charge in [0.2, 0.25) is 0 Å². The molecule has 0 saturated heterocycles. The molecule has 0 fully saturated rings. The first kappa shape index (κ1) is 18.4. The minimum absolute atomic E-state index is 0.142. The second-order valence-corrected chi connectivity index (χ2v) is 7.89. The molecule has 2 aromatic heterocycles. The first-order valence-electron chi connectivity index (χ1n) is 9.12.